The van der Waals surface area contributed by atoms with Gasteiger partial charge in [-0.05, 0) is 29.2 Å². The third kappa shape index (κ3) is 3.57. The highest BCUT2D eigenvalue weighted by Gasteiger charge is 2.29. The molecule has 0 aromatic heterocycles. The van der Waals surface area contributed by atoms with Crippen LogP contribution in [-0.2, 0) is 17.6 Å². The van der Waals surface area contributed by atoms with Gasteiger partial charge in [-0.3, -0.25) is 0 Å². The molecule has 2 nitrogen and oxygen atoms in total. The molecule has 2 aromatic carbocycles. The molecule has 2 aromatic rings. The minimum Gasteiger partial charge on any atom is -0.494 e. The van der Waals surface area contributed by atoms with E-state index in [1.165, 1.54) is 13.2 Å². The largest absolute Gasteiger partial charge is 0.494 e. The lowest BCUT2D eigenvalue weighted by atomic mass is 9.94. The number of aryl methyl sites for hydroxylation is 1. The van der Waals surface area contributed by atoms with Gasteiger partial charge in [-0.25, -0.2) is 4.39 Å². The Kier molecular flexibility index (Phi) is 5.63. The van der Waals surface area contributed by atoms with E-state index in [4.69, 9.17) is 9.47 Å². The van der Waals surface area contributed by atoms with E-state index in [1.54, 1.807) is 12.1 Å². The molecule has 28 heavy (non-hydrogen) atoms. The number of allylic oxidation sites excluding steroid dienone is 2. The minimum atomic E-state index is -1.16. The summed E-state index contributed by atoms with van der Waals surface area (Å²) < 4.78 is 53.9. The Labute approximate surface area is 162 Å². The quantitative estimate of drug-likeness (QED) is 0.552. The van der Waals surface area contributed by atoms with Gasteiger partial charge in [0, 0.05) is 17.5 Å². The van der Waals surface area contributed by atoms with E-state index >= 15 is 0 Å². The molecule has 0 saturated heterocycles. The van der Waals surface area contributed by atoms with Crippen molar-refractivity contribution < 1.29 is 22.6 Å². The second-order valence-corrected chi connectivity index (χ2v) is 6.64. The standard InChI is InChI=1S/C23H21F3O2/c1-5-6-15-7-9-16(10-8-15)18-12-17-11-13(2)22(19(24)14(3)27-4)28-23(17)21(26)20(18)25/h7-10,12H,2-3,5-6,11H2,1,4H3/b22-19-. The Balaban J connectivity index is 2.05. The van der Waals surface area contributed by atoms with Crippen LogP contribution >= 0.6 is 0 Å². The van der Waals surface area contributed by atoms with Crippen molar-refractivity contribution in [1.29, 1.82) is 0 Å². The molecule has 1 heterocycles. The lowest BCUT2D eigenvalue weighted by Gasteiger charge is -2.24. The molecule has 0 unspecified atom stereocenters. The van der Waals surface area contributed by atoms with Gasteiger partial charge in [-0.2, -0.15) is 8.78 Å². The highest BCUT2D eigenvalue weighted by molar-refractivity contribution is 5.68. The molecule has 0 fully saturated rings. The normalized spacial score (nSPS) is 15.0. The molecule has 0 radical (unpaired) electrons. The number of halogens is 3. The van der Waals surface area contributed by atoms with Crippen LogP contribution in [-0.4, -0.2) is 7.11 Å². The predicted octanol–water partition coefficient (Wildman–Crippen LogP) is 6.42. The topological polar surface area (TPSA) is 18.5 Å². The summed E-state index contributed by atoms with van der Waals surface area (Å²) >= 11 is 0. The van der Waals surface area contributed by atoms with Gasteiger partial charge in [0.05, 0.1) is 7.11 Å². The van der Waals surface area contributed by atoms with Crippen molar-refractivity contribution in [2.45, 2.75) is 26.2 Å². The van der Waals surface area contributed by atoms with Crippen LogP contribution in [0.2, 0.25) is 0 Å². The van der Waals surface area contributed by atoms with E-state index in [0.717, 1.165) is 18.4 Å². The summed E-state index contributed by atoms with van der Waals surface area (Å²) in [5.41, 5.74) is 2.51. The number of ether oxygens (including phenoxy) is 2. The second-order valence-electron chi connectivity index (χ2n) is 6.64. The molecule has 5 heteroatoms. The Bertz CT molecular complexity index is 972. The molecule has 0 amide bonds. The second kappa shape index (κ2) is 7.97. The SMILES string of the molecule is C=C(OC)/C(F)=C1/Oc2c(cc(-c3ccc(CCC)cc3)c(F)c2F)CC1=C. The van der Waals surface area contributed by atoms with Gasteiger partial charge in [0.1, 0.15) is 0 Å². The molecule has 0 bridgehead atoms. The number of hydrogen-bond donors (Lipinski definition) is 0. The number of benzene rings is 2. The average Bonchev–Trinajstić information content (AvgIpc) is 2.70. The molecule has 0 aliphatic carbocycles. The first-order valence-electron chi connectivity index (χ1n) is 8.96. The van der Waals surface area contributed by atoms with Crippen LogP contribution in [0.25, 0.3) is 11.1 Å². The number of fused-ring (bicyclic) bond motifs is 1. The fourth-order valence-corrected chi connectivity index (χ4v) is 3.15. The lowest BCUT2D eigenvalue weighted by Crippen LogP contribution is -2.14. The van der Waals surface area contributed by atoms with Crippen LogP contribution in [0.4, 0.5) is 13.2 Å². The maximum atomic E-state index is 14.7. The van der Waals surface area contributed by atoms with Gasteiger partial charge >= 0.3 is 0 Å². The molecular formula is C23H21F3O2. The van der Waals surface area contributed by atoms with E-state index in [9.17, 15) is 13.2 Å². The van der Waals surface area contributed by atoms with Gasteiger partial charge in [-0.15, -0.1) is 0 Å². The van der Waals surface area contributed by atoms with Crippen LogP contribution in [0.3, 0.4) is 0 Å². The number of hydrogen-bond acceptors (Lipinski definition) is 2. The van der Waals surface area contributed by atoms with Crippen LogP contribution in [0.1, 0.15) is 24.5 Å². The number of rotatable bonds is 5. The maximum absolute atomic E-state index is 14.7. The Hall–Kier alpha value is -2.95. The van der Waals surface area contributed by atoms with Crippen LogP contribution in [0.5, 0.6) is 5.75 Å². The van der Waals surface area contributed by atoms with Crippen LogP contribution in [0.15, 0.2) is 66.4 Å². The van der Waals surface area contributed by atoms with Crippen LogP contribution < -0.4 is 4.74 Å². The number of methoxy groups -OCH3 is 1. The van der Waals surface area contributed by atoms with Gasteiger partial charge < -0.3 is 9.47 Å². The molecule has 146 valence electrons. The summed E-state index contributed by atoms with van der Waals surface area (Å²) in [5, 5.41) is 0. The zero-order chi connectivity index (χ0) is 20.4. The zero-order valence-corrected chi connectivity index (χ0v) is 15.9. The predicted molar refractivity (Wildman–Crippen MR) is 104 cm³/mol. The van der Waals surface area contributed by atoms with Crippen molar-refractivity contribution in [2.24, 2.45) is 0 Å². The highest BCUT2D eigenvalue weighted by atomic mass is 19.2. The van der Waals surface area contributed by atoms with Gasteiger partial charge in [-0.1, -0.05) is 50.8 Å². The summed E-state index contributed by atoms with van der Waals surface area (Å²) in [6.45, 7) is 9.27. The molecule has 1 aliphatic heterocycles. The summed E-state index contributed by atoms with van der Waals surface area (Å²) in [7, 11) is 1.25. The fourth-order valence-electron chi connectivity index (χ4n) is 3.15. The first kappa shape index (κ1) is 19.8. The molecule has 3 rings (SSSR count). The monoisotopic (exact) mass is 386 g/mol. The smallest absolute Gasteiger partial charge is 0.207 e. The summed E-state index contributed by atoms with van der Waals surface area (Å²) in [4.78, 5) is 0. The minimum absolute atomic E-state index is 0.118. The maximum Gasteiger partial charge on any atom is 0.207 e. The van der Waals surface area contributed by atoms with Crippen LogP contribution in [0, 0.1) is 11.6 Å². The first-order valence-corrected chi connectivity index (χ1v) is 8.96. The van der Waals surface area contributed by atoms with E-state index < -0.39 is 17.5 Å². The lowest BCUT2D eigenvalue weighted by molar-refractivity contribution is 0.272. The fraction of sp³-hybridized carbons (Fsp3) is 0.217. The van der Waals surface area contributed by atoms with Crippen molar-refractivity contribution >= 4 is 0 Å². The van der Waals surface area contributed by atoms with Crippen molar-refractivity contribution in [3.63, 3.8) is 0 Å². The van der Waals surface area contributed by atoms with Crippen molar-refractivity contribution in [3.05, 3.63) is 89.2 Å². The van der Waals surface area contributed by atoms with E-state index in [1.807, 2.05) is 12.1 Å². The Morgan fingerprint density at radius 2 is 1.86 bits per heavy atom. The molecule has 0 saturated carbocycles. The van der Waals surface area contributed by atoms with E-state index in [-0.39, 0.29) is 29.3 Å². The highest BCUT2D eigenvalue weighted by Crippen LogP contribution is 2.41. The third-order valence-electron chi connectivity index (χ3n) is 4.66. The molecule has 0 spiro atoms. The molecular weight excluding hydrogens is 365 g/mol. The Morgan fingerprint density at radius 1 is 1.18 bits per heavy atom. The zero-order valence-electron chi connectivity index (χ0n) is 15.9. The van der Waals surface area contributed by atoms with Gasteiger partial charge in [0.25, 0.3) is 0 Å². The summed E-state index contributed by atoms with van der Waals surface area (Å²) in [5.74, 6) is -4.01. The van der Waals surface area contributed by atoms with Crippen molar-refractivity contribution in [1.82, 2.24) is 0 Å². The third-order valence-corrected chi connectivity index (χ3v) is 4.66. The molecule has 0 atom stereocenters. The molecule has 0 N–H and O–H groups in total. The summed E-state index contributed by atoms with van der Waals surface area (Å²) in [6, 6.07) is 8.85. The first-order chi connectivity index (χ1) is 13.4. The Morgan fingerprint density at radius 3 is 2.46 bits per heavy atom. The molecule has 1 aliphatic rings. The van der Waals surface area contributed by atoms with Crippen molar-refractivity contribution in [3.8, 4) is 16.9 Å². The van der Waals surface area contributed by atoms with E-state index in [2.05, 4.69) is 20.1 Å². The average molecular weight is 386 g/mol. The van der Waals surface area contributed by atoms with Crippen molar-refractivity contribution in [2.75, 3.05) is 7.11 Å². The van der Waals surface area contributed by atoms with Gasteiger partial charge in [0.2, 0.25) is 11.6 Å². The summed E-state index contributed by atoms with van der Waals surface area (Å²) in [6.07, 6.45) is 2.04. The van der Waals surface area contributed by atoms with Gasteiger partial charge in [0.15, 0.2) is 23.1 Å². The van der Waals surface area contributed by atoms with E-state index in [0.29, 0.717) is 16.7 Å².